The van der Waals surface area contributed by atoms with Crippen LogP contribution >= 0.6 is 11.3 Å². The van der Waals surface area contributed by atoms with Crippen molar-refractivity contribution >= 4 is 27.3 Å². The second-order valence-corrected chi connectivity index (χ2v) is 8.46. The highest BCUT2D eigenvalue weighted by Crippen LogP contribution is 2.33. The molecule has 0 bridgehead atoms. The van der Waals surface area contributed by atoms with Crippen molar-refractivity contribution in [2.45, 2.75) is 10.3 Å². The molecule has 5 nitrogen and oxygen atoms in total. The number of amides is 1. The number of nitrogens with one attached hydrogen (secondary N) is 1. The highest BCUT2D eigenvalue weighted by molar-refractivity contribution is 7.91. The fourth-order valence-corrected chi connectivity index (χ4v) is 5.33. The van der Waals surface area contributed by atoms with Crippen LogP contribution in [0.5, 0.6) is 0 Å². The first kappa shape index (κ1) is 15.9. The number of hydrogen-bond acceptors (Lipinski definition) is 4. The molecule has 2 heterocycles. The van der Waals surface area contributed by atoms with E-state index in [0.29, 0.717) is 17.3 Å². The Labute approximate surface area is 139 Å². The van der Waals surface area contributed by atoms with E-state index < -0.39 is 10.0 Å². The van der Waals surface area contributed by atoms with Gasteiger partial charge >= 0.3 is 0 Å². The molecule has 7 heteroatoms. The summed E-state index contributed by atoms with van der Waals surface area (Å²) >= 11 is 1.26. The van der Waals surface area contributed by atoms with Crippen molar-refractivity contribution < 1.29 is 13.2 Å². The fraction of sp³-hybridized carbons (Fsp3) is 0.188. The van der Waals surface area contributed by atoms with Gasteiger partial charge in [0.1, 0.15) is 4.21 Å². The van der Waals surface area contributed by atoms with Crippen LogP contribution in [-0.2, 0) is 14.8 Å². The predicted molar refractivity (Wildman–Crippen MR) is 90.6 cm³/mol. The number of carbonyl (C=O) groups is 1. The van der Waals surface area contributed by atoms with Crippen molar-refractivity contribution in [3.8, 4) is 10.4 Å². The van der Waals surface area contributed by atoms with E-state index in [1.54, 1.807) is 6.07 Å². The molecule has 120 valence electrons. The van der Waals surface area contributed by atoms with Crippen LogP contribution in [0.4, 0.5) is 0 Å². The molecule has 0 radical (unpaired) electrons. The average molecular weight is 348 g/mol. The van der Waals surface area contributed by atoms with Crippen molar-refractivity contribution in [1.82, 2.24) is 9.62 Å². The first-order valence-corrected chi connectivity index (χ1v) is 9.34. The Hall–Kier alpha value is -1.96. The lowest BCUT2D eigenvalue weighted by Gasteiger charge is -2.37. The monoisotopic (exact) mass is 348 g/mol. The van der Waals surface area contributed by atoms with Crippen LogP contribution in [-0.4, -0.2) is 37.8 Å². The van der Waals surface area contributed by atoms with Crippen LogP contribution < -0.4 is 5.32 Å². The minimum atomic E-state index is -3.49. The number of sulfonamides is 1. The first-order chi connectivity index (χ1) is 11.0. The van der Waals surface area contributed by atoms with Gasteiger partial charge < -0.3 is 5.32 Å². The van der Waals surface area contributed by atoms with Gasteiger partial charge in [0.25, 0.3) is 10.0 Å². The second kappa shape index (κ2) is 6.27. The highest BCUT2D eigenvalue weighted by atomic mass is 32.2. The molecule has 0 aliphatic carbocycles. The maximum atomic E-state index is 12.6. The zero-order valence-electron chi connectivity index (χ0n) is 12.3. The van der Waals surface area contributed by atoms with E-state index in [1.165, 1.54) is 21.7 Å². The lowest BCUT2D eigenvalue weighted by molar-refractivity contribution is -0.117. The molecule has 2 aromatic rings. The molecule has 0 atom stereocenters. The standard InChI is InChI=1S/C16H16N2O3S2/c1-2-15(19)17-13-10-18(11-13)23(20,21)16-9-8-14(22-16)12-6-4-3-5-7-12/h2-9,13H,1,10-11H2,(H,17,19). The van der Waals surface area contributed by atoms with Gasteiger partial charge in [-0.25, -0.2) is 8.42 Å². The average Bonchev–Trinajstić information content (AvgIpc) is 3.01. The van der Waals surface area contributed by atoms with E-state index in [2.05, 4.69) is 11.9 Å². The number of carbonyl (C=O) groups excluding carboxylic acids is 1. The summed E-state index contributed by atoms with van der Waals surface area (Å²) in [7, 11) is -3.49. The molecular weight excluding hydrogens is 332 g/mol. The Balaban J connectivity index is 1.71. The van der Waals surface area contributed by atoms with Crippen molar-refractivity contribution in [2.24, 2.45) is 0 Å². The molecule has 23 heavy (non-hydrogen) atoms. The summed E-state index contributed by atoms with van der Waals surface area (Å²) in [6.45, 7) is 3.96. The molecule has 0 unspecified atom stereocenters. The van der Waals surface area contributed by atoms with Gasteiger partial charge in [-0.05, 0) is 23.8 Å². The zero-order chi connectivity index (χ0) is 16.4. The van der Waals surface area contributed by atoms with E-state index in [1.807, 2.05) is 36.4 Å². The molecule has 1 amide bonds. The molecule has 1 aromatic heterocycles. The number of benzene rings is 1. The van der Waals surface area contributed by atoms with Crippen LogP contribution in [0.15, 0.2) is 59.3 Å². The van der Waals surface area contributed by atoms with Crippen LogP contribution in [0.2, 0.25) is 0 Å². The van der Waals surface area contributed by atoms with Crippen LogP contribution in [0, 0.1) is 0 Å². The van der Waals surface area contributed by atoms with E-state index in [-0.39, 0.29) is 11.9 Å². The summed E-state index contributed by atoms with van der Waals surface area (Å²) in [4.78, 5) is 12.1. The molecule has 1 aromatic carbocycles. The molecule has 0 spiro atoms. The molecule has 0 saturated carbocycles. The third-order valence-corrected chi connectivity index (χ3v) is 7.05. The van der Waals surface area contributed by atoms with Gasteiger partial charge in [-0.3, -0.25) is 4.79 Å². The van der Waals surface area contributed by atoms with Gasteiger partial charge in [-0.15, -0.1) is 11.3 Å². The van der Waals surface area contributed by atoms with Crippen LogP contribution in [0.3, 0.4) is 0 Å². The second-order valence-electron chi connectivity index (χ2n) is 5.22. The van der Waals surface area contributed by atoms with Crippen molar-refractivity contribution in [3.63, 3.8) is 0 Å². The van der Waals surface area contributed by atoms with E-state index in [0.717, 1.165) is 10.4 Å². The van der Waals surface area contributed by atoms with E-state index in [9.17, 15) is 13.2 Å². The van der Waals surface area contributed by atoms with Crippen molar-refractivity contribution in [3.05, 3.63) is 55.1 Å². The third-order valence-electron chi connectivity index (χ3n) is 3.61. The van der Waals surface area contributed by atoms with Gasteiger partial charge in [0.2, 0.25) is 5.91 Å². The topological polar surface area (TPSA) is 66.5 Å². The summed E-state index contributed by atoms with van der Waals surface area (Å²) in [5, 5.41) is 2.69. The SMILES string of the molecule is C=CC(=O)NC1CN(S(=O)(=O)c2ccc(-c3ccccc3)s2)C1. The smallest absolute Gasteiger partial charge is 0.252 e. The Bertz CT molecular complexity index is 822. The van der Waals surface area contributed by atoms with E-state index >= 15 is 0 Å². The van der Waals surface area contributed by atoms with Gasteiger partial charge in [-0.1, -0.05) is 36.9 Å². The predicted octanol–water partition coefficient (Wildman–Crippen LogP) is 2.09. The minimum Gasteiger partial charge on any atom is -0.347 e. The number of nitrogens with zero attached hydrogens (tertiary/aromatic N) is 1. The largest absolute Gasteiger partial charge is 0.347 e. The Kier molecular flexibility index (Phi) is 4.34. The Morgan fingerprint density at radius 2 is 1.91 bits per heavy atom. The van der Waals surface area contributed by atoms with E-state index in [4.69, 9.17) is 0 Å². The molecule has 1 saturated heterocycles. The number of thiophene rings is 1. The summed E-state index contributed by atoms with van der Waals surface area (Å²) in [5.41, 5.74) is 0.999. The van der Waals surface area contributed by atoms with Crippen molar-refractivity contribution in [1.29, 1.82) is 0 Å². The first-order valence-electron chi connectivity index (χ1n) is 7.09. The summed E-state index contributed by atoms with van der Waals surface area (Å²) < 4.78 is 26.8. The number of rotatable bonds is 5. The molecule has 1 N–H and O–H groups in total. The number of hydrogen-bond donors (Lipinski definition) is 1. The third kappa shape index (κ3) is 3.21. The zero-order valence-corrected chi connectivity index (χ0v) is 13.9. The molecule has 3 rings (SSSR count). The summed E-state index contributed by atoms with van der Waals surface area (Å²) in [6.07, 6.45) is 1.18. The lowest BCUT2D eigenvalue weighted by Crippen LogP contribution is -2.60. The highest BCUT2D eigenvalue weighted by Gasteiger charge is 2.37. The summed E-state index contributed by atoms with van der Waals surface area (Å²) in [6, 6.07) is 13.0. The quantitative estimate of drug-likeness (QED) is 0.842. The fourth-order valence-electron chi connectivity index (χ4n) is 2.33. The van der Waals surface area contributed by atoms with Crippen molar-refractivity contribution in [2.75, 3.05) is 13.1 Å². The van der Waals surface area contributed by atoms with Crippen LogP contribution in [0.25, 0.3) is 10.4 Å². The maximum Gasteiger partial charge on any atom is 0.252 e. The normalized spacial score (nSPS) is 15.8. The minimum absolute atomic E-state index is 0.149. The van der Waals surface area contributed by atoms with Gasteiger partial charge in [0, 0.05) is 18.0 Å². The molecular formula is C16H16N2O3S2. The Morgan fingerprint density at radius 1 is 1.22 bits per heavy atom. The molecule has 1 aliphatic rings. The van der Waals surface area contributed by atoms with Crippen LogP contribution in [0.1, 0.15) is 0 Å². The lowest BCUT2D eigenvalue weighted by atomic mass is 10.2. The maximum absolute atomic E-state index is 12.6. The van der Waals surface area contributed by atoms with Gasteiger partial charge in [0.05, 0.1) is 6.04 Å². The molecule has 1 aliphatic heterocycles. The summed E-state index contributed by atoms with van der Waals surface area (Å²) in [5.74, 6) is -0.283. The Morgan fingerprint density at radius 3 is 2.57 bits per heavy atom. The molecule has 1 fully saturated rings. The van der Waals surface area contributed by atoms with Gasteiger partial charge in [0.15, 0.2) is 0 Å². The van der Waals surface area contributed by atoms with Gasteiger partial charge in [-0.2, -0.15) is 4.31 Å².